The Bertz CT molecular complexity index is 2620. The normalized spacial score (nSPS) is 13.5. The third-order valence-electron chi connectivity index (χ3n) is 11.2. The number of carboxylic acids is 1. The first-order valence-electron chi connectivity index (χ1n) is 23.3. The van der Waals surface area contributed by atoms with E-state index in [1.165, 1.54) is 12.5 Å². The highest BCUT2D eigenvalue weighted by Crippen LogP contribution is 2.23. The van der Waals surface area contributed by atoms with Gasteiger partial charge in [0.15, 0.2) is 0 Å². The van der Waals surface area contributed by atoms with Crippen LogP contribution < -0.4 is 26.6 Å². The van der Waals surface area contributed by atoms with Crippen molar-refractivity contribution >= 4 is 53.1 Å². The second kappa shape index (κ2) is 26.0. The van der Waals surface area contributed by atoms with Crippen LogP contribution in [0.2, 0.25) is 0 Å². The van der Waals surface area contributed by atoms with E-state index in [4.69, 9.17) is 9.47 Å². The molecule has 6 N–H and O–H groups in total. The molecule has 0 saturated carbocycles. The molecular formula is C55H61N5O11. The van der Waals surface area contributed by atoms with Crippen molar-refractivity contribution in [1.29, 1.82) is 0 Å². The highest BCUT2D eigenvalue weighted by atomic mass is 16.6. The van der Waals surface area contributed by atoms with Crippen LogP contribution in [0.3, 0.4) is 0 Å². The van der Waals surface area contributed by atoms with Crippen LogP contribution >= 0.6 is 0 Å². The molecule has 5 rings (SSSR count). The summed E-state index contributed by atoms with van der Waals surface area (Å²) in [7, 11) is 0. The number of anilines is 1. The quantitative estimate of drug-likeness (QED) is 0.0452. The maximum atomic E-state index is 14.7. The zero-order valence-corrected chi connectivity index (χ0v) is 40.6. The molecule has 0 saturated heterocycles. The van der Waals surface area contributed by atoms with E-state index < -0.39 is 83.8 Å². The molecule has 0 bridgehead atoms. The number of hydrogen-bond acceptors (Lipinski definition) is 10. The number of aliphatic carboxylic acids is 1. The summed E-state index contributed by atoms with van der Waals surface area (Å²) in [6.45, 7) is 9.42. The molecule has 5 aromatic rings. The molecule has 0 radical (unpaired) electrons. The molecule has 372 valence electrons. The summed E-state index contributed by atoms with van der Waals surface area (Å²) < 4.78 is 10.6. The molecule has 5 aromatic carbocycles. The molecule has 71 heavy (non-hydrogen) atoms. The number of ether oxygens (including phenoxy) is 2. The maximum absolute atomic E-state index is 14.7. The van der Waals surface area contributed by atoms with Gasteiger partial charge in [0, 0.05) is 38.8 Å². The Balaban J connectivity index is 1.50. The van der Waals surface area contributed by atoms with E-state index >= 15 is 0 Å². The summed E-state index contributed by atoms with van der Waals surface area (Å²) in [6.07, 6.45) is -3.52. The number of hydrogen-bond donors (Lipinski definition) is 6. The van der Waals surface area contributed by atoms with Crippen molar-refractivity contribution in [3.8, 4) is 11.1 Å². The standard InChI is InChI=1S/C55H61N5O11/c1-33(2)29-40-19-23-42(24-20-40)43-25-21-41(22-26-43)32-46(51(64)58-45(30-38-13-9-7-10-14-38)50(63)56-35(4)55(68)69)59-52(65)47(31-39-15-11-8-12-16-39)60-54(67)49(71-37(6)62)48(70-36(5)61)53(66)57-44-27-17-34(3)18-28-44/h7-28,33,35,45-49H,29-32H2,1-6H3,(H,56,63)(H,57,66)(H,58,64)(H,59,65)(H,60,67)(H,68,69). The molecule has 0 heterocycles. The fourth-order valence-corrected chi connectivity index (χ4v) is 7.59. The van der Waals surface area contributed by atoms with Crippen LogP contribution in [-0.2, 0) is 73.5 Å². The van der Waals surface area contributed by atoms with Gasteiger partial charge in [0.05, 0.1) is 0 Å². The predicted molar refractivity (Wildman–Crippen MR) is 266 cm³/mol. The van der Waals surface area contributed by atoms with E-state index in [1.807, 2.05) is 31.2 Å². The molecule has 6 atom stereocenters. The maximum Gasteiger partial charge on any atom is 0.325 e. The first-order chi connectivity index (χ1) is 33.8. The first kappa shape index (κ1) is 53.8. The topological polar surface area (TPSA) is 235 Å². The van der Waals surface area contributed by atoms with Crippen molar-refractivity contribution in [2.24, 2.45) is 5.92 Å². The minimum Gasteiger partial charge on any atom is -0.480 e. The minimum absolute atomic E-state index is 0.0404. The summed E-state index contributed by atoms with van der Waals surface area (Å²) in [5.41, 5.74) is 6.06. The highest BCUT2D eigenvalue weighted by molar-refractivity contribution is 6.01. The van der Waals surface area contributed by atoms with E-state index in [2.05, 4.69) is 52.6 Å². The van der Waals surface area contributed by atoms with Crippen molar-refractivity contribution in [1.82, 2.24) is 21.3 Å². The van der Waals surface area contributed by atoms with Gasteiger partial charge in [0.1, 0.15) is 24.2 Å². The number of rotatable bonds is 23. The van der Waals surface area contributed by atoms with Gasteiger partial charge in [-0.1, -0.05) is 141 Å². The second-order valence-corrected chi connectivity index (χ2v) is 17.7. The van der Waals surface area contributed by atoms with E-state index in [9.17, 15) is 43.5 Å². The highest BCUT2D eigenvalue weighted by Gasteiger charge is 2.41. The van der Waals surface area contributed by atoms with E-state index in [0.29, 0.717) is 22.6 Å². The molecule has 16 heteroatoms. The average molecular weight is 968 g/mol. The van der Waals surface area contributed by atoms with Crippen molar-refractivity contribution in [2.45, 2.75) is 104 Å². The van der Waals surface area contributed by atoms with Gasteiger partial charge >= 0.3 is 17.9 Å². The molecule has 0 aliphatic carbocycles. The number of carboxylic acid groups (broad SMARTS) is 1. The third kappa shape index (κ3) is 17.1. The van der Waals surface area contributed by atoms with E-state index in [1.54, 1.807) is 97.1 Å². The Morgan fingerprint density at radius 3 is 1.21 bits per heavy atom. The Kier molecular flexibility index (Phi) is 19.7. The van der Waals surface area contributed by atoms with Crippen LogP contribution in [0.4, 0.5) is 5.69 Å². The molecule has 0 fully saturated rings. The molecule has 0 aromatic heterocycles. The smallest absolute Gasteiger partial charge is 0.325 e. The molecule has 0 aliphatic rings. The molecule has 5 amide bonds. The summed E-state index contributed by atoms with van der Waals surface area (Å²) in [5.74, 6) is -7.46. The zero-order valence-electron chi connectivity index (χ0n) is 40.6. The number of carbonyl (C=O) groups is 8. The first-order valence-corrected chi connectivity index (χ1v) is 23.3. The number of carbonyl (C=O) groups excluding carboxylic acids is 7. The molecular weight excluding hydrogens is 907 g/mol. The lowest BCUT2D eigenvalue weighted by molar-refractivity contribution is -0.173. The van der Waals surface area contributed by atoms with Gasteiger partial charge in [0.25, 0.3) is 11.8 Å². The van der Waals surface area contributed by atoms with Crippen LogP contribution in [0.15, 0.2) is 133 Å². The van der Waals surface area contributed by atoms with E-state index in [0.717, 1.165) is 37.0 Å². The number of amides is 5. The van der Waals surface area contributed by atoms with Crippen molar-refractivity contribution in [3.05, 3.63) is 161 Å². The fraction of sp³-hybridized carbons (Fsp3) is 0.309. The second-order valence-electron chi connectivity index (χ2n) is 17.7. The number of nitrogens with one attached hydrogen (secondary N) is 5. The molecule has 6 unspecified atom stereocenters. The Morgan fingerprint density at radius 2 is 0.817 bits per heavy atom. The van der Waals surface area contributed by atoms with Crippen LogP contribution in [0.1, 0.15) is 62.4 Å². The third-order valence-corrected chi connectivity index (χ3v) is 11.2. The molecule has 16 nitrogen and oxygen atoms in total. The van der Waals surface area contributed by atoms with Crippen molar-refractivity contribution < 1.29 is 52.9 Å². The Labute approximate surface area is 413 Å². The summed E-state index contributed by atoms with van der Waals surface area (Å²) in [5, 5.41) is 22.6. The van der Waals surface area contributed by atoms with Gasteiger partial charge in [-0.25, -0.2) is 0 Å². The lowest BCUT2D eigenvalue weighted by atomic mass is 9.97. The Hall–Kier alpha value is -8.14. The summed E-state index contributed by atoms with van der Waals surface area (Å²) >= 11 is 0. The minimum atomic E-state index is -2.10. The van der Waals surface area contributed by atoms with Crippen LogP contribution in [-0.4, -0.2) is 88.9 Å². The number of aryl methyl sites for hydroxylation is 1. The van der Waals surface area contributed by atoms with Crippen LogP contribution in [0.5, 0.6) is 0 Å². The van der Waals surface area contributed by atoms with Gasteiger partial charge in [0.2, 0.25) is 29.9 Å². The van der Waals surface area contributed by atoms with E-state index in [-0.39, 0.29) is 24.9 Å². The lowest BCUT2D eigenvalue weighted by Gasteiger charge is -2.28. The zero-order chi connectivity index (χ0) is 51.6. The summed E-state index contributed by atoms with van der Waals surface area (Å²) in [6, 6.07) is 34.0. The van der Waals surface area contributed by atoms with Gasteiger partial charge in [-0.15, -0.1) is 0 Å². The SMILES string of the molecule is CC(=O)OC(C(=O)Nc1ccc(C)cc1)C(OC(C)=O)C(=O)NC(Cc1ccccc1)C(=O)NC(Cc1ccc(-c2ccc(CC(C)C)cc2)cc1)C(=O)NC(Cc1ccccc1)C(=O)NC(C)C(=O)O. The predicted octanol–water partition coefficient (Wildman–Crippen LogP) is 5.43. The lowest BCUT2D eigenvalue weighted by Crippen LogP contribution is -2.60. The van der Waals surface area contributed by atoms with Gasteiger partial charge in [-0.05, 0) is 71.7 Å². The van der Waals surface area contributed by atoms with Crippen molar-refractivity contribution in [3.63, 3.8) is 0 Å². The average Bonchev–Trinajstić information content (AvgIpc) is 3.33. The molecule has 0 aliphatic heterocycles. The van der Waals surface area contributed by atoms with Gasteiger partial charge < -0.3 is 41.2 Å². The number of esters is 2. The van der Waals surface area contributed by atoms with Crippen molar-refractivity contribution in [2.75, 3.05) is 5.32 Å². The monoisotopic (exact) mass is 967 g/mol. The van der Waals surface area contributed by atoms with Gasteiger partial charge in [-0.2, -0.15) is 0 Å². The van der Waals surface area contributed by atoms with Crippen LogP contribution in [0, 0.1) is 12.8 Å². The van der Waals surface area contributed by atoms with Crippen LogP contribution in [0.25, 0.3) is 11.1 Å². The number of benzene rings is 5. The fourth-order valence-electron chi connectivity index (χ4n) is 7.59. The largest absolute Gasteiger partial charge is 0.480 e. The molecule has 0 spiro atoms. The van der Waals surface area contributed by atoms with Gasteiger partial charge in [-0.3, -0.25) is 38.4 Å². The Morgan fingerprint density at radius 1 is 0.451 bits per heavy atom. The summed E-state index contributed by atoms with van der Waals surface area (Å²) in [4.78, 5) is 108.